The molecular formula is C13H21N7O. The predicted octanol–water partition coefficient (Wildman–Crippen LogP) is 1.32. The molecule has 0 aliphatic heterocycles. The Labute approximate surface area is 124 Å². The molecule has 0 unspecified atom stereocenters. The molecule has 2 rings (SSSR count). The summed E-state index contributed by atoms with van der Waals surface area (Å²) in [4.78, 5) is 12.7. The van der Waals surface area contributed by atoms with Crippen molar-refractivity contribution in [2.75, 3.05) is 30.3 Å². The Morgan fingerprint density at radius 1 is 1.14 bits per heavy atom. The van der Waals surface area contributed by atoms with E-state index in [9.17, 15) is 0 Å². The first kappa shape index (κ1) is 15.0. The summed E-state index contributed by atoms with van der Waals surface area (Å²) in [6.45, 7) is 8.55. The Morgan fingerprint density at radius 2 is 1.90 bits per heavy atom. The highest BCUT2D eigenvalue weighted by molar-refractivity contribution is 5.35. The number of anilines is 2. The summed E-state index contributed by atoms with van der Waals surface area (Å²) in [5.74, 6) is 1.00. The zero-order valence-corrected chi connectivity index (χ0v) is 12.6. The average Bonchev–Trinajstić information content (AvgIpc) is 2.85. The van der Waals surface area contributed by atoms with Crippen LogP contribution in [0.5, 0.6) is 6.01 Å². The van der Waals surface area contributed by atoms with Crippen molar-refractivity contribution in [3.8, 4) is 6.01 Å². The zero-order chi connectivity index (χ0) is 15.1. The van der Waals surface area contributed by atoms with E-state index >= 15 is 0 Å². The van der Waals surface area contributed by atoms with E-state index < -0.39 is 0 Å². The van der Waals surface area contributed by atoms with Gasteiger partial charge in [0, 0.05) is 19.3 Å². The monoisotopic (exact) mass is 291 g/mol. The second kappa shape index (κ2) is 7.41. The maximum absolute atomic E-state index is 5.34. The Hall–Kier alpha value is -2.38. The van der Waals surface area contributed by atoms with E-state index in [1.54, 1.807) is 0 Å². The van der Waals surface area contributed by atoms with Gasteiger partial charge in [-0.3, -0.25) is 4.68 Å². The summed E-state index contributed by atoms with van der Waals surface area (Å²) in [5.41, 5.74) is 1.14. The third kappa shape index (κ3) is 4.59. The molecular weight excluding hydrogens is 270 g/mol. The SMILES string of the molecule is CCNc1nc(NCCn2cc(C)cn2)nc(OCC)n1. The van der Waals surface area contributed by atoms with E-state index in [2.05, 4.69) is 30.7 Å². The van der Waals surface area contributed by atoms with Gasteiger partial charge in [0.25, 0.3) is 0 Å². The molecule has 0 saturated carbocycles. The lowest BCUT2D eigenvalue weighted by Gasteiger charge is -2.09. The highest BCUT2D eigenvalue weighted by Crippen LogP contribution is 2.10. The molecule has 2 N–H and O–H groups in total. The molecule has 0 amide bonds. The number of hydrogen-bond acceptors (Lipinski definition) is 7. The molecule has 0 atom stereocenters. The van der Waals surface area contributed by atoms with Crippen LogP contribution in [0.4, 0.5) is 11.9 Å². The number of aromatic nitrogens is 5. The molecule has 2 heterocycles. The molecule has 0 aliphatic rings. The molecule has 8 heteroatoms. The van der Waals surface area contributed by atoms with Gasteiger partial charge in [-0.1, -0.05) is 0 Å². The molecule has 2 aromatic heterocycles. The zero-order valence-electron chi connectivity index (χ0n) is 12.6. The van der Waals surface area contributed by atoms with Crippen LogP contribution in [0, 0.1) is 6.92 Å². The van der Waals surface area contributed by atoms with Crippen LogP contribution in [-0.2, 0) is 6.54 Å². The number of ether oxygens (including phenoxy) is 1. The number of nitrogens with one attached hydrogen (secondary N) is 2. The van der Waals surface area contributed by atoms with Gasteiger partial charge in [-0.05, 0) is 26.3 Å². The lowest BCUT2D eigenvalue weighted by molar-refractivity contribution is 0.312. The van der Waals surface area contributed by atoms with Gasteiger partial charge in [-0.25, -0.2) is 0 Å². The van der Waals surface area contributed by atoms with Gasteiger partial charge >= 0.3 is 6.01 Å². The molecule has 0 aromatic carbocycles. The Bertz CT molecular complexity index is 545. The fraction of sp³-hybridized carbons (Fsp3) is 0.538. The molecule has 21 heavy (non-hydrogen) atoms. The van der Waals surface area contributed by atoms with Gasteiger partial charge in [-0.2, -0.15) is 20.1 Å². The van der Waals surface area contributed by atoms with Crippen LogP contribution >= 0.6 is 0 Å². The first-order valence-electron chi connectivity index (χ1n) is 7.07. The van der Waals surface area contributed by atoms with Crippen molar-refractivity contribution in [3.05, 3.63) is 18.0 Å². The van der Waals surface area contributed by atoms with Gasteiger partial charge in [0.15, 0.2) is 0 Å². The highest BCUT2D eigenvalue weighted by atomic mass is 16.5. The summed E-state index contributed by atoms with van der Waals surface area (Å²) >= 11 is 0. The van der Waals surface area contributed by atoms with Crippen molar-refractivity contribution in [3.63, 3.8) is 0 Å². The third-order valence-electron chi connectivity index (χ3n) is 2.61. The van der Waals surface area contributed by atoms with E-state index in [0.29, 0.717) is 31.1 Å². The highest BCUT2D eigenvalue weighted by Gasteiger charge is 2.06. The second-order valence-corrected chi connectivity index (χ2v) is 4.44. The summed E-state index contributed by atoms with van der Waals surface area (Å²) < 4.78 is 7.21. The smallest absolute Gasteiger partial charge is 0.323 e. The fourth-order valence-corrected chi connectivity index (χ4v) is 1.74. The maximum Gasteiger partial charge on any atom is 0.323 e. The van der Waals surface area contributed by atoms with Crippen LogP contribution in [-0.4, -0.2) is 44.4 Å². The maximum atomic E-state index is 5.34. The molecule has 0 fully saturated rings. The van der Waals surface area contributed by atoms with E-state index in [1.807, 2.05) is 37.8 Å². The lowest BCUT2D eigenvalue weighted by atomic mass is 10.4. The average molecular weight is 291 g/mol. The largest absolute Gasteiger partial charge is 0.464 e. The van der Waals surface area contributed by atoms with E-state index in [-0.39, 0.29) is 0 Å². The third-order valence-corrected chi connectivity index (χ3v) is 2.61. The van der Waals surface area contributed by atoms with Crippen LogP contribution in [0.3, 0.4) is 0 Å². The van der Waals surface area contributed by atoms with Crippen molar-refractivity contribution in [2.24, 2.45) is 0 Å². The minimum Gasteiger partial charge on any atom is -0.464 e. The molecule has 0 radical (unpaired) electrons. The minimum absolute atomic E-state index is 0.320. The van der Waals surface area contributed by atoms with Crippen LogP contribution in [0.2, 0.25) is 0 Å². The first-order valence-corrected chi connectivity index (χ1v) is 7.07. The predicted molar refractivity (Wildman–Crippen MR) is 80.6 cm³/mol. The molecule has 0 bridgehead atoms. The summed E-state index contributed by atoms with van der Waals surface area (Å²) in [6, 6.07) is 0.320. The van der Waals surface area contributed by atoms with Gasteiger partial charge in [0.1, 0.15) is 0 Å². The summed E-state index contributed by atoms with van der Waals surface area (Å²) in [5, 5.41) is 10.4. The van der Waals surface area contributed by atoms with Gasteiger partial charge in [0.2, 0.25) is 11.9 Å². The summed E-state index contributed by atoms with van der Waals surface area (Å²) in [6.07, 6.45) is 3.82. The van der Waals surface area contributed by atoms with Gasteiger partial charge in [-0.15, -0.1) is 0 Å². The van der Waals surface area contributed by atoms with Gasteiger partial charge < -0.3 is 15.4 Å². The number of rotatable bonds is 8. The van der Waals surface area contributed by atoms with E-state index in [0.717, 1.165) is 18.7 Å². The van der Waals surface area contributed by atoms with Crippen molar-refractivity contribution in [1.29, 1.82) is 0 Å². The van der Waals surface area contributed by atoms with Crippen molar-refractivity contribution in [2.45, 2.75) is 27.3 Å². The quantitative estimate of drug-likeness (QED) is 0.758. The number of aryl methyl sites for hydroxylation is 1. The first-order chi connectivity index (χ1) is 10.2. The normalized spacial score (nSPS) is 10.4. The van der Waals surface area contributed by atoms with Crippen molar-refractivity contribution < 1.29 is 4.74 Å². The van der Waals surface area contributed by atoms with Crippen molar-refractivity contribution in [1.82, 2.24) is 24.7 Å². The minimum atomic E-state index is 0.320. The molecule has 114 valence electrons. The molecule has 8 nitrogen and oxygen atoms in total. The Balaban J connectivity index is 1.97. The number of hydrogen-bond donors (Lipinski definition) is 2. The molecule has 0 spiro atoms. The standard InChI is InChI=1S/C13H21N7O/c1-4-14-11-17-12(19-13(18-11)21-5-2)15-6-7-20-9-10(3)8-16-20/h8-9H,4-7H2,1-3H3,(H2,14,15,17,18,19). The number of nitrogens with zero attached hydrogens (tertiary/aromatic N) is 5. The van der Waals surface area contributed by atoms with Crippen LogP contribution in [0.1, 0.15) is 19.4 Å². The van der Waals surface area contributed by atoms with E-state index in [1.165, 1.54) is 0 Å². The van der Waals surface area contributed by atoms with Crippen LogP contribution in [0.15, 0.2) is 12.4 Å². The van der Waals surface area contributed by atoms with Crippen molar-refractivity contribution >= 4 is 11.9 Å². The molecule has 2 aromatic rings. The Kier molecular flexibility index (Phi) is 5.30. The van der Waals surface area contributed by atoms with Crippen LogP contribution < -0.4 is 15.4 Å². The fourth-order valence-electron chi connectivity index (χ4n) is 1.74. The Morgan fingerprint density at radius 3 is 2.52 bits per heavy atom. The molecule has 0 saturated heterocycles. The molecule has 0 aliphatic carbocycles. The topological polar surface area (TPSA) is 89.8 Å². The van der Waals surface area contributed by atoms with Gasteiger partial charge in [0.05, 0.1) is 19.3 Å². The lowest BCUT2D eigenvalue weighted by Crippen LogP contribution is -2.15. The summed E-state index contributed by atoms with van der Waals surface area (Å²) in [7, 11) is 0. The second-order valence-electron chi connectivity index (χ2n) is 4.44. The van der Waals surface area contributed by atoms with E-state index in [4.69, 9.17) is 4.74 Å². The van der Waals surface area contributed by atoms with Crippen LogP contribution in [0.25, 0.3) is 0 Å².